The van der Waals surface area contributed by atoms with Crippen LogP contribution in [-0.2, 0) is 21.1 Å². The number of sulfone groups is 1. The summed E-state index contributed by atoms with van der Waals surface area (Å²) < 4.78 is 29.9. The third-order valence-corrected chi connectivity index (χ3v) is 6.82. The van der Waals surface area contributed by atoms with Gasteiger partial charge in [0.05, 0.1) is 27.0 Å². The van der Waals surface area contributed by atoms with E-state index in [4.69, 9.17) is 27.6 Å². The Hall–Kier alpha value is -1.94. The number of nitrogens with one attached hydrogen (secondary N) is 1. The van der Waals surface area contributed by atoms with Gasteiger partial charge in [0.25, 0.3) is 5.89 Å². The second-order valence-corrected chi connectivity index (χ2v) is 9.99. The van der Waals surface area contributed by atoms with Gasteiger partial charge < -0.3 is 4.42 Å². The van der Waals surface area contributed by atoms with E-state index in [9.17, 15) is 13.2 Å². The van der Waals surface area contributed by atoms with Crippen molar-refractivity contribution in [2.45, 2.75) is 18.2 Å². The molecule has 0 saturated carbocycles. The van der Waals surface area contributed by atoms with Crippen LogP contribution in [0.1, 0.15) is 12.5 Å². The first-order valence-electron chi connectivity index (χ1n) is 7.68. The number of aromatic nitrogens is 2. The molecule has 0 aliphatic heterocycles. The lowest BCUT2D eigenvalue weighted by atomic mass is 10.1. The van der Waals surface area contributed by atoms with E-state index in [1.165, 1.54) is 23.5 Å². The first kappa shape index (κ1) is 19.8. The molecule has 1 N–H and O–H groups in total. The van der Waals surface area contributed by atoms with Gasteiger partial charge in [-0.15, -0.1) is 16.4 Å². The number of hydrogen-bond acceptors (Lipinski definition) is 7. The van der Waals surface area contributed by atoms with Crippen LogP contribution in [0.4, 0.5) is 6.01 Å². The van der Waals surface area contributed by atoms with E-state index in [1.54, 1.807) is 25.1 Å². The second-order valence-electron chi connectivity index (χ2n) is 5.42. The van der Waals surface area contributed by atoms with Gasteiger partial charge in [-0.3, -0.25) is 10.1 Å². The molecule has 1 amide bonds. The number of carbonyl (C=O) groups excluding carboxylic acids is 1. The molecule has 11 heteroatoms. The van der Waals surface area contributed by atoms with Gasteiger partial charge in [-0.25, -0.2) is 8.42 Å². The van der Waals surface area contributed by atoms with Gasteiger partial charge in [0.15, 0.2) is 9.84 Å². The molecule has 7 nitrogen and oxygen atoms in total. The van der Waals surface area contributed by atoms with Gasteiger partial charge in [-0.2, -0.15) is 0 Å². The van der Waals surface area contributed by atoms with E-state index in [1.807, 2.05) is 0 Å². The van der Waals surface area contributed by atoms with E-state index in [2.05, 4.69) is 15.5 Å². The lowest BCUT2D eigenvalue weighted by molar-refractivity contribution is -0.115. The average molecular weight is 446 g/mol. The van der Waals surface area contributed by atoms with Crippen molar-refractivity contribution in [2.24, 2.45) is 0 Å². The zero-order chi connectivity index (χ0) is 19.6. The van der Waals surface area contributed by atoms with Crippen molar-refractivity contribution < 1.29 is 17.6 Å². The van der Waals surface area contributed by atoms with E-state index in [-0.39, 0.29) is 34.9 Å². The summed E-state index contributed by atoms with van der Waals surface area (Å²) in [5.41, 5.74) is 1.14. The molecule has 2 heterocycles. The van der Waals surface area contributed by atoms with Gasteiger partial charge in [0, 0.05) is 0 Å². The fraction of sp³-hybridized carbons (Fsp3) is 0.188. The Morgan fingerprint density at radius 3 is 2.52 bits per heavy atom. The lowest BCUT2D eigenvalue weighted by Gasteiger charge is -2.04. The molecular weight excluding hydrogens is 433 g/mol. The number of amides is 1. The molecule has 0 fully saturated rings. The minimum Gasteiger partial charge on any atom is -0.403 e. The third kappa shape index (κ3) is 4.67. The molecule has 3 aromatic rings. The summed E-state index contributed by atoms with van der Waals surface area (Å²) in [6.07, 6.45) is 0.0230. The first-order valence-corrected chi connectivity index (χ1v) is 10.9. The summed E-state index contributed by atoms with van der Waals surface area (Å²) in [6, 6.07) is 7.67. The Bertz CT molecular complexity index is 1080. The molecular formula is C16H13Cl2N3O4S2. The maximum absolute atomic E-state index is 12.1. The van der Waals surface area contributed by atoms with Crippen LogP contribution in [0.2, 0.25) is 8.67 Å². The summed E-state index contributed by atoms with van der Waals surface area (Å²) in [6.45, 7) is 1.58. The van der Waals surface area contributed by atoms with Crippen molar-refractivity contribution in [3.05, 3.63) is 44.6 Å². The molecule has 0 aliphatic rings. The van der Waals surface area contributed by atoms with E-state index in [0.717, 1.165) is 0 Å². The zero-order valence-corrected chi connectivity index (χ0v) is 17.0. The van der Waals surface area contributed by atoms with Crippen molar-refractivity contribution in [2.75, 3.05) is 11.1 Å². The van der Waals surface area contributed by atoms with Crippen LogP contribution in [0.3, 0.4) is 0 Å². The average Bonchev–Trinajstić information content (AvgIpc) is 3.21. The molecule has 0 atom stereocenters. The van der Waals surface area contributed by atoms with E-state index in [0.29, 0.717) is 19.8 Å². The highest BCUT2D eigenvalue weighted by atomic mass is 35.5. The standard InChI is InChI=1S/C16H13Cl2N3O4S2/c1-2-27(23,24)10-5-3-9(4-6-10)7-13(22)19-16-21-20-15(25-16)11-8-12(17)26-14(11)18/h3-6,8H,2,7H2,1H3,(H,19,21,22). The molecule has 0 bridgehead atoms. The highest BCUT2D eigenvalue weighted by molar-refractivity contribution is 7.91. The highest BCUT2D eigenvalue weighted by Gasteiger charge is 2.17. The first-order chi connectivity index (χ1) is 12.8. The Labute approximate surface area is 169 Å². The van der Waals surface area contributed by atoms with Gasteiger partial charge in [-0.05, 0) is 23.8 Å². The number of halogens is 2. The molecule has 2 aromatic heterocycles. The minimum atomic E-state index is -3.27. The molecule has 0 radical (unpaired) electrons. The fourth-order valence-corrected chi connectivity index (χ4v) is 4.53. The lowest BCUT2D eigenvalue weighted by Crippen LogP contribution is -2.14. The normalized spacial score (nSPS) is 11.5. The molecule has 27 heavy (non-hydrogen) atoms. The smallest absolute Gasteiger partial charge is 0.322 e. The maximum atomic E-state index is 12.1. The third-order valence-electron chi connectivity index (χ3n) is 3.59. The predicted molar refractivity (Wildman–Crippen MR) is 104 cm³/mol. The zero-order valence-electron chi connectivity index (χ0n) is 13.9. The van der Waals surface area contributed by atoms with E-state index >= 15 is 0 Å². The summed E-state index contributed by atoms with van der Waals surface area (Å²) in [5.74, 6) is -0.218. The SMILES string of the molecule is CCS(=O)(=O)c1ccc(CC(=O)Nc2nnc(-c3cc(Cl)sc3Cl)o2)cc1. The monoisotopic (exact) mass is 445 g/mol. The number of carbonyl (C=O) groups is 1. The van der Waals surface area contributed by atoms with E-state index < -0.39 is 9.84 Å². The van der Waals surface area contributed by atoms with Crippen molar-refractivity contribution in [1.82, 2.24) is 10.2 Å². The number of hydrogen-bond donors (Lipinski definition) is 1. The molecule has 1 aromatic carbocycles. The summed E-state index contributed by atoms with van der Waals surface area (Å²) in [4.78, 5) is 12.4. The fourth-order valence-electron chi connectivity index (χ4n) is 2.20. The Balaban J connectivity index is 1.65. The number of benzene rings is 1. The molecule has 0 unspecified atom stereocenters. The molecule has 0 spiro atoms. The van der Waals surface area contributed by atoms with Gasteiger partial charge in [0.2, 0.25) is 5.91 Å². The minimum absolute atomic E-state index is 0.0195. The summed E-state index contributed by atoms with van der Waals surface area (Å²) in [7, 11) is -3.27. The maximum Gasteiger partial charge on any atom is 0.322 e. The van der Waals surface area contributed by atoms with Gasteiger partial charge in [-0.1, -0.05) is 47.4 Å². The number of nitrogens with zero attached hydrogens (tertiary/aromatic N) is 2. The summed E-state index contributed by atoms with van der Waals surface area (Å²) in [5, 5.41) is 10.1. The highest BCUT2D eigenvalue weighted by Crippen LogP contribution is 2.37. The largest absolute Gasteiger partial charge is 0.403 e. The van der Waals surface area contributed by atoms with Crippen LogP contribution in [0.5, 0.6) is 0 Å². The van der Waals surface area contributed by atoms with Gasteiger partial charge >= 0.3 is 6.01 Å². The summed E-state index contributed by atoms with van der Waals surface area (Å²) >= 11 is 13.1. The molecule has 142 valence electrons. The molecule has 0 aliphatic carbocycles. The number of rotatable bonds is 6. The Kier molecular flexibility index (Phi) is 5.85. The van der Waals surface area contributed by atoms with Gasteiger partial charge in [0.1, 0.15) is 4.34 Å². The van der Waals surface area contributed by atoms with Crippen molar-refractivity contribution >= 4 is 56.3 Å². The van der Waals surface area contributed by atoms with Crippen molar-refractivity contribution in [3.63, 3.8) is 0 Å². The van der Waals surface area contributed by atoms with Crippen LogP contribution < -0.4 is 5.32 Å². The van der Waals surface area contributed by atoms with Crippen molar-refractivity contribution in [3.8, 4) is 11.5 Å². The van der Waals surface area contributed by atoms with Crippen LogP contribution in [0.15, 0.2) is 39.6 Å². The predicted octanol–water partition coefficient (Wildman–Crippen LogP) is 4.08. The van der Waals surface area contributed by atoms with Crippen LogP contribution in [0, 0.1) is 0 Å². The van der Waals surface area contributed by atoms with Crippen LogP contribution in [-0.4, -0.2) is 30.3 Å². The quantitative estimate of drug-likeness (QED) is 0.612. The second kappa shape index (κ2) is 7.97. The number of thiophene rings is 1. The van der Waals surface area contributed by atoms with Crippen LogP contribution in [0.25, 0.3) is 11.5 Å². The molecule has 3 rings (SSSR count). The Morgan fingerprint density at radius 2 is 1.93 bits per heavy atom. The van der Waals surface area contributed by atoms with Crippen molar-refractivity contribution in [1.29, 1.82) is 0 Å². The number of anilines is 1. The topological polar surface area (TPSA) is 102 Å². The Morgan fingerprint density at radius 1 is 1.22 bits per heavy atom. The molecule has 0 saturated heterocycles. The van der Waals surface area contributed by atoms with Crippen LogP contribution >= 0.6 is 34.5 Å².